The molecule has 64 valence electrons. The largest absolute Gasteiger partial charge is 0.299 e. The first-order valence-electron chi connectivity index (χ1n) is 5.37. The van der Waals surface area contributed by atoms with E-state index in [4.69, 9.17) is 0 Å². The second-order valence-electron chi connectivity index (χ2n) is 5.41. The molecule has 6 unspecified atom stereocenters. The van der Waals surface area contributed by atoms with Crippen LogP contribution in [-0.2, 0) is 4.79 Å². The molecule has 6 atom stereocenters. The summed E-state index contributed by atoms with van der Waals surface area (Å²) in [5, 5.41) is 0. The number of rotatable bonds is 0. The van der Waals surface area contributed by atoms with Gasteiger partial charge >= 0.3 is 0 Å². The van der Waals surface area contributed by atoms with E-state index in [0.29, 0.717) is 11.7 Å². The van der Waals surface area contributed by atoms with Crippen LogP contribution >= 0.6 is 0 Å². The molecule has 0 saturated heterocycles. The highest BCUT2D eigenvalue weighted by Gasteiger charge is 2.64. The smallest absolute Gasteiger partial charge is 0.136 e. The Morgan fingerprint density at radius 1 is 1.00 bits per heavy atom. The Balaban J connectivity index is 1.78. The third kappa shape index (κ3) is 0.512. The SMILES string of the molecule is O=C1CC2CC1C1C2CC2CC21. The van der Waals surface area contributed by atoms with Gasteiger partial charge in [-0.05, 0) is 48.9 Å². The van der Waals surface area contributed by atoms with Gasteiger partial charge in [-0.2, -0.15) is 0 Å². The highest BCUT2D eigenvalue weighted by Crippen LogP contribution is 2.69. The van der Waals surface area contributed by atoms with Gasteiger partial charge in [0.05, 0.1) is 0 Å². The minimum absolute atomic E-state index is 0.539. The Hall–Kier alpha value is -0.330. The summed E-state index contributed by atoms with van der Waals surface area (Å²) < 4.78 is 0. The summed E-state index contributed by atoms with van der Waals surface area (Å²) in [5.74, 6) is 5.94. The lowest BCUT2D eigenvalue weighted by atomic mass is 9.78. The fourth-order valence-electron chi connectivity index (χ4n) is 4.59. The van der Waals surface area contributed by atoms with Gasteiger partial charge in [0.2, 0.25) is 0 Å². The monoisotopic (exact) mass is 162 g/mol. The standard InChI is InChI=1S/C11H14O/c12-10-4-6-3-9(10)11-7-1-5(7)2-8(6)11/h5-9,11H,1-4H2. The summed E-state index contributed by atoms with van der Waals surface area (Å²) in [4.78, 5) is 11.5. The second kappa shape index (κ2) is 1.64. The van der Waals surface area contributed by atoms with Crippen LogP contribution in [0.2, 0.25) is 0 Å². The molecule has 0 N–H and O–H groups in total. The van der Waals surface area contributed by atoms with Crippen LogP contribution in [-0.4, -0.2) is 5.78 Å². The predicted molar refractivity (Wildman–Crippen MR) is 44.4 cm³/mol. The summed E-state index contributed by atoms with van der Waals surface area (Å²) in [6, 6.07) is 0. The quantitative estimate of drug-likeness (QED) is 0.531. The molecule has 0 amide bonds. The normalized spacial score (nSPS) is 65.2. The van der Waals surface area contributed by atoms with Crippen molar-refractivity contribution in [3.63, 3.8) is 0 Å². The van der Waals surface area contributed by atoms with E-state index < -0.39 is 0 Å². The zero-order valence-electron chi connectivity index (χ0n) is 7.20. The van der Waals surface area contributed by atoms with E-state index in [2.05, 4.69) is 0 Å². The molecule has 0 spiro atoms. The van der Waals surface area contributed by atoms with Gasteiger partial charge in [0.1, 0.15) is 5.78 Å². The maximum absolute atomic E-state index is 11.5. The van der Waals surface area contributed by atoms with Gasteiger partial charge in [-0.1, -0.05) is 0 Å². The van der Waals surface area contributed by atoms with Gasteiger partial charge in [-0.3, -0.25) is 4.79 Å². The van der Waals surface area contributed by atoms with E-state index in [1.165, 1.54) is 19.3 Å². The number of hydrogen-bond acceptors (Lipinski definition) is 1. The third-order valence-corrected chi connectivity index (χ3v) is 5.04. The predicted octanol–water partition coefficient (Wildman–Crippen LogP) is 1.87. The number of carbonyl (C=O) groups excluding carboxylic acids is 1. The fraction of sp³-hybridized carbons (Fsp3) is 0.909. The van der Waals surface area contributed by atoms with Crippen molar-refractivity contribution in [1.29, 1.82) is 0 Å². The summed E-state index contributed by atoms with van der Waals surface area (Å²) in [5.41, 5.74) is 0. The average Bonchev–Trinajstić information content (AvgIpc) is 2.42. The zero-order valence-corrected chi connectivity index (χ0v) is 7.20. The molecule has 4 fully saturated rings. The maximum atomic E-state index is 11.5. The van der Waals surface area contributed by atoms with Crippen molar-refractivity contribution in [1.82, 2.24) is 0 Å². The lowest BCUT2D eigenvalue weighted by Crippen LogP contribution is -2.26. The van der Waals surface area contributed by atoms with E-state index in [1.807, 2.05) is 0 Å². The molecule has 2 bridgehead atoms. The number of carbonyl (C=O) groups is 1. The first-order valence-corrected chi connectivity index (χ1v) is 5.37. The molecular formula is C11H14O. The van der Waals surface area contributed by atoms with Gasteiger partial charge in [-0.25, -0.2) is 0 Å². The minimum Gasteiger partial charge on any atom is -0.299 e. The number of Topliss-reactive ketones (excluding diaryl/α,β-unsaturated/α-hetero) is 1. The molecule has 4 saturated carbocycles. The molecule has 12 heavy (non-hydrogen) atoms. The topological polar surface area (TPSA) is 17.1 Å². The highest BCUT2D eigenvalue weighted by atomic mass is 16.1. The van der Waals surface area contributed by atoms with Crippen LogP contribution < -0.4 is 0 Å². The summed E-state index contributed by atoms with van der Waals surface area (Å²) in [6.45, 7) is 0. The molecule has 0 radical (unpaired) electrons. The van der Waals surface area contributed by atoms with Crippen molar-refractivity contribution in [2.75, 3.05) is 0 Å². The van der Waals surface area contributed by atoms with Gasteiger partial charge in [-0.15, -0.1) is 0 Å². The summed E-state index contributed by atoms with van der Waals surface area (Å²) >= 11 is 0. The Morgan fingerprint density at radius 2 is 1.75 bits per heavy atom. The Morgan fingerprint density at radius 3 is 2.58 bits per heavy atom. The van der Waals surface area contributed by atoms with Crippen LogP contribution in [0.15, 0.2) is 0 Å². The Kier molecular flexibility index (Phi) is 0.843. The summed E-state index contributed by atoms with van der Waals surface area (Å²) in [7, 11) is 0. The van der Waals surface area contributed by atoms with Gasteiger partial charge in [0, 0.05) is 12.3 Å². The molecule has 1 heteroatoms. The first kappa shape index (κ1) is 6.17. The minimum atomic E-state index is 0.539. The number of ketones is 1. The van der Waals surface area contributed by atoms with E-state index in [1.54, 1.807) is 0 Å². The van der Waals surface area contributed by atoms with Crippen LogP contribution in [0.4, 0.5) is 0 Å². The molecule has 0 aromatic rings. The molecule has 4 aliphatic rings. The van der Waals surface area contributed by atoms with Crippen LogP contribution in [0.1, 0.15) is 25.7 Å². The van der Waals surface area contributed by atoms with Crippen molar-refractivity contribution in [3.05, 3.63) is 0 Å². The molecule has 1 nitrogen and oxygen atoms in total. The average molecular weight is 162 g/mol. The number of fused-ring (bicyclic) bond motifs is 7. The number of hydrogen-bond donors (Lipinski definition) is 0. The van der Waals surface area contributed by atoms with Gasteiger partial charge < -0.3 is 0 Å². The summed E-state index contributed by atoms with van der Waals surface area (Å²) in [6.07, 6.45) is 5.18. The highest BCUT2D eigenvalue weighted by molar-refractivity contribution is 5.85. The Bertz CT molecular complexity index is 270. The Labute approximate surface area is 72.5 Å². The van der Waals surface area contributed by atoms with Gasteiger partial charge in [0.15, 0.2) is 0 Å². The first-order chi connectivity index (χ1) is 5.84. The van der Waals surface area contributed by atoms with E-state index in [-0.39, 0.29) is 0 Å². The molecule has 0 heterocycles. The molecule has 4 rings (SSSR count). The second-order valence-corrected chi connectivity index (χ2v) is 5.41. The van der Waals surface area contributed by atoms with Gasteiger partial charge in [0.25, 0.3) is 0 Å². The van der Waals surface area contributed by atoms with Crippen LogP contribution in [0.25, 0.3) is 0 Å². The molecular weight excluding hydrogens is 148 g/mol. The van der Waals surface area contributed by atoms with Crippen molar-refractivity contribution in [3.8, 4) is 0 Å². The maximum Gasteiger partial charge on any atom is 0.136 e. The van der Waals surface area contributed by atoms with E-state index in [9.17, 15) is 4.79 Å². The van der Waals surface area contributed by atoms with Crippen LogP contribution in [0.5, 0.6) is 0 Å². The molecule has 0 aliphatic heterocycles. The van der Waals surface area contributed by atoms with Crippen LogP contribution in [0, 0.1) is 35.5 Å². The lowest BCUT2D eigenvalue weighted by Gasteiger charge is -2.25. The fourth-order valence-corrected chi connectivity index (χ4v) is 4.59. The molecule has 4 aliphatic carbocycles. The molecule has 0 aromatic carbocycles. The van der Waals surface area contributed by atoms with E-state index >= 15 is 0 Å². The van der Waals surface area contributed by atoms with Crippen molar-refractivity contribution in [2.45, 2.75) is 25.7 Å². The van der Waals surface area contributed by atoms with Crippen molar-refractivity contribution in [2.24, 2.45) is 35.5 Å². The van der Waals surface area contributed by atoms with Crippen molar-refractivity contribution < 1.29 is 4.79 Å². The van der Waals surface area contributed by atoms with Crippen LogP contribution in [0.3, 0.4) is 0 Å². The van der Waals surface area contributed by atoms with Crippen molar-refractivity contribution >= 4 is 5.78 Å². The molecule has 0 aromatic heterocycles. The third-order valence-electron chi connectivity index (χ3n) is 5.04. The lowest BCUT2D eigenvalue weighted by molar-refractivity contribution is -0.124. The zero-order chi connectivity index (χ0) is 7.87. The van der Waals surface area contributed by atoms with E-state index in [0.717, 1.165) is 36.0 Å².